The van der Waals surface area contributed by atoms with Gasteiger partial charge in [0.2, 0.25) is 0 Å². The topological polar surface area (TPSA) is 52.6 Å². The molecule has 1 heterocycles. The van der Waals surface area contributed by atoms with Crippen molar-refractivity contribution in [2.45, 2.75) is 19.4 Å². The van der Waals surface area contributed by atoms with Gasteiger partial charge in [-0.15, -0.1) is 0 Å². The maximum absolute atomic E-state index is 10.6. The van der Waals surface area contributed by atoms with E-state index in [1.165, 1.54) is 4.90 Å². The Labute approximate surface area is 66.2 Å². The van der Waals surface area contributed by atoms with Crippen LogP contribution in [-0.4, -0.2) is 41.8 Å². The van der Waals surface area contributed by atoms with E-state index in [0.717, 1.165) is 13.0 Å². The minimum Gasteiger partial charge on any atom is -0.465 e. The third-order valence-corrected chi connectivity index (χ3v) is 1.86. The van der Waals surface area contributed by atoms with Crippen molar-refractivity contribution < 1.29 is 9.90 Å². The smallest absolute Gasteiger partial charge is 0.407 e. The van der Waals surface area contributed by atoms with Gasteiger partial charge in [0.15, 0.2) is 0 Å². The van der Waals surface area contributed by atoms with Crippen molar-refractivity contribution in [1.29, 1.82) is 0 Å². The van der Waals surface area contributed by atoms with Crippen LogP contribution < -0.4 is 5.32 Å². The number of carbonyl (C=O) groups is 1. The number of rotatable bonds is 0. The molecule has 0 unspecified atom stereocenters. The Morgan fingerprint density at radius 3 is 3.09 bits per heavy atom. The van der Waals surface area contributed by atoms with Crippen molar-refractivity contribution in [2.75, 3.05) is 19.6 Å². The highest BCUT2D eigenvalue weighted by Crippen LogP contribution is 1.99. The third-order valence-electron chi connectivity index (χ3n) is 1.86. The van der Waals surface area contributed by atoms with E-state index in [9.17, 15) is 4.79 Å². The lowest BCUT2D eigenvalue weighted by Crippen LogP contribution is -2.38. The molecule has 1 amide bonds. The molecule has 0 aromatic heterocycles. The molecule has 0 saturated carbocycles. The SMILES string of the molecule is C[C@H]1CN(C(=O)O)CCCN1. The first-order valence-corrected chi connectivity index (χ1v) is 3.91. The normalized spacial score (nSPS) is 26.3. The van der Waals surface area contributed by atoms with Crippen LogP contribution in [0, 0.1) is 0 Å². The highest BCUT2D eigenvalue weighted by Gasteiger charge is 2.17. The van der Waals surface area contributed by atoms with E-state index in [2.05, 4.69) is 5.32 Å². The summed E-state index contributed by atoms with van der Waals surface area (Å²) in [5, 5.41) is 11.9. The lowest BCUT2D eigenvalue weighted by molar-refractivity contribution is 0.145. The fraction of sp³-hybridized carbons (Fsp3) is 0.857. The fourth-order valence-corrected chi connectivity index (χ4v) is 1.28. The Bertz CT molecular complexity index is 149. The van der Waals surface area contributed by atoms with Crippen molar-refractivity contribution in [2.24, 2.45) is 0 Å². The summed E-state index contributed by atoms with van der Waals surface area (Å²) in [6.07, 6.45) is 0.108. The summed E-state index contributed by atoms with van der Waals surface area (Å²) in [5.41, 5.74) is 0. The van der Waals surface area contributed by atoms with Gasteiger partial charge >= 0.3 is 6.09 Å². The standard InChI is InChI=1S/C7H14N2O2/c1-6-5-9(7(10)11)4-2-3-8-6/h6,8H,2-5H2,1H3,(H,10,11)/t6-/m0/s1. The fourth-order valence-electron chi connectivity index (χ4n) is 1.28. The van der Waals surface area contributed by atoms with Crippen LogP contribution in [0.2, 0.25) is 0 Å². The van der Waals surface area contributed by atoms with Crippen LogP contribution in [0.3, 0.4) is 0 Å². The van der Waals surface area contributed by atoms with Crippen LogP contribution in [0.15, 0.2) is 0 Å². The van der Waals surface area contributed by atoms with Gasteiger partial charge in [0, 0.05) is 19.1 Å². The molecule has 1 aliphatic heterocycles. The molecular formula is C7H14N2O2. The molecule has 0 aromatic carbocycles. The quantitative estimate of drug-likeness (QED) is 0.534. The van der Waals surface area contributed by atoms with Crippen molar-refractivity contribution in [1.82, 2.24) is 10.2 Å². The van der Waals surface area contributed by atoms with Crippen LogP contribution >= 0.6 is 0 Å². The Morgan fingerprint density at radius 1 is 1.73 bits per heavy atom. The molecular weight excluding hydrogens is 144 g/mol. The molecule has 0 radical (unpaired) electrons. The van der Waals surface area contributed by atoms with Crippen molar-refractivity contribution in [3.8, 4) is 0 Å². The summed E-state index contributed by atoms with van der Waals surface area (Å²) in [6.45, 7) is 4.19. The van der Waals surface area contributed by atoms with Crippen LogP contribution in [0.4, 0.5) is 4.79 Å². The molecule has 1 saturated heterocycles. The van der Waals surface area contributed by atoms with Gasteiger partial charge in [0.05, 0.1) is 0 Å². The second-order valence-electron chi connectivity index (χ2n) is 2.94. The lowest BCUT2D eigenvalue weighted by atomic mass is 10.3. The van der Waals surface area contributed by atoms with Crippen molar-refractivity contribution in [3.63, 3.8) is 0 Å². The molecule has 4 nitrogen and oxygen atoms in total. The molecule has 1 fully saturated rings. The average Bonchev–Trinajstić information content (AvgIpc) is 2.13. The van der Waals surface area contributed by atoms with Crippen LogP contribution in [0.25, 0.3) is 0 Å². The van der Waals surface area contributed by atoms with Crippen molar-refractivity contribution in [3.05, 3.63) is 0 Å². The molecule has 0 aliphatic carbocycles. The maximum atomic E-state index is 10.6. The van der Waals surface area contributed by atoms with Crippen LogP contribution in [-0.2, 0) is 0 Å². The first kappa shape index (κ1) is 8.33. The number of nitrogens with one attached hydrogen (secondary N) is 1. The van der Waals surface area contributed by atoms with E-state index in [4.69, 9.17) is 5.11 Å². The van der Waals surface area contributed by atoms with Gasteiger partial charge in [-0.3, -0.25) is 0 Å². The molecule has 64 valence electrons. The van der Waals surface area contributed by atoms with Gasteiger partial charge < -0.3 is 15.3 Å². The zero-order valence-corrected chi connectivity index (χ0v) is 6.71. The number of amides is 1. The van der Waals surface area contributed by atoms with Gasteiger partial charge in [-0.2, -0.15) is 0 Å². The summed E-state index contributed by atoms with van der Waals surface area (Å²) >= 11 is 0. The second kappa shape index (κ2) is 3.57. The summed E-state index contributed by atoms with van der Waals surface area (Å²) < 4.78 is 0. The van der Waals surface area contributed by atoms with Gasteiger partial charge in [-0.1, -0.05) is 0 Å². The molecule has 1 aliphatic rings. The van der Waals surface area contributed by atoms with E-state index < -0.39 is 6.09 Å². The monoisotopic (exact) mass is 158 g/mol. The van der Waals surface area contributed by atoms with E-state index >= 15 is 0 Å². The van der Waals surface area contributed by atoms with Gasteiger partial charge in [0.1, 0.15) is 0 Å². The average molecular weight is 158 g/mol. The number of nitrogens with zero attached hydrogens (tertiary/aromatic N) is 1. The third kappa shape index (κ3) is 2.38. The van der Waals surface area contributed by atoms with E-state index in [1.807, 2.05) is 6.92 Å². The number of hydrogen-bond donors (Lipinski definition) is 2. The summed E-state index contributed by atoms with van der Waals surface area (Å²) in [5.74, 6) is 0. The first-order valence-electron chi connectivity index (χ1n) is 3.91. The predicted octanol–water partition coefficient (Wildman–Crippen LogP) is 0.348. The summed E-state index contributed by atoms with van der Waals surface area (Å²) in [4.78, 5) is 12.0. The number of hydrogen-bond acceptors (Lipinski definition) is 2. The minimum atomic E-state index is -0.805. The summed E-state index contributed by atoms with van der Waals surface area (Å²) in [7, 11) is 0. The lowest BCUT2D eigenvalue weighted by Gasteiger charge is -2.18. The molecule has 1 rings (SSSR count). The van der Waals surface area contributed by atoms with Gasteiger partial charge in [-0.05, 0) is 19.9 Å². The molecule has 0 spiro atoms. The molecule has 0 bridgehead atoms. The van der Waals surface area contributed by atoms with Crippen LogP contribution in [0.5, 0.6) is 0 Å². The Morgan fingerprint density at radius 2 is 2.45 bits per heavy atom. The number of carboxylic acid groups (broad SMARTS) is 1. The Kier molecular flexibility index (Phi) is 2.70. The summed E-state index contributed by atoms with van der Waals surface area (Å²) in [6, 6.07) is 0.286. The molecule has 1 atom stereocenters. The highest BCUT2D eigenvalue weighted by molar-refractivity contribution is 5.64. The van der Waals surface area contributed by atoms with Crippen LogP contribution in [0.1, 0.15) is 13.3 Å². The molecule has 4 heteroatoms. The highest BCUT2D eigenvalue weighted by atomic mass is 16.4. The zero-order valence-electron chi connectivity index (χ0n) is 6.71. The minimum absolute atomic E-state index is 0.286. The largest absolute Gasteiger partial charge is 0.465 e. The van der Waals surface area contributed by atoms with E-state index in [-0.39, 0.29) is 6.04 Å². The predicted molar refractivity (Wildman–Crippen MR) is 41.7 cm³/mol. The Hall–Kier alpha value is -0.770. The van der Waals surface area contributed by atoms with E-state index in [1.54, 1.807) is 0 Å². The second-order valence-corrected chi connectivity index (χ2v) is 2.94. The molecule has 0 aromatic rings. The van der Waals surface area contributed by atoms with E-state index in [0.29, 0.717) is 13.1 Å². The van der Waals surface area contributed by atoms with Gasteiger partial charge in [0.25, 0.3) is 0 Å². The maximum Gasteiger partial charge on any atom is 0.407 e. The first-order chi connectivity index (χ1) is 5.20. The zero-order chi connectivity index (χ0) is 8.27. The molecule has 2 N–H and O–H groups in total. The van der Waals surface area contributed by atoms with Crippen molar-refractivity contribution >= 4 is 6.09 Å². The van der Waals surface area contributed by atoms with Gasteiger partial charge in [-0.25, -0.2) is 4.79 Å². The molecule has 11 heavy (non-hydrogen) atoms. The Balaban J connectivity index is 2.45.